The van der Waals surface area contributed by atoms with Crippen molar-refractivity contribution in [2.24, 2.45) is 34.3 Å². The summed E-state index contributed by atoms with van der Waals surface area (Å²) in [5.74, 6) is 2.72. The Morgan fingerprint density at radius 2 is 1.75 bits per heavy atom. The van der Waals surface area contributed by atoms with Crippen LogP contribution in [0.1, 0.15) is 84.5 Å². The van der Waals surface area contributed by atoms with Crippen molar-refractivity contribution in [2.45, 2.75) is 96.7 Å². The van der Waals surface area contributed by atoms with Crippen LogP contribution in [0.25, 0.3) is 0 Å². The molecule has 2 nitrogen and oxygen atoms in total. The predicted octanol–water partition coefficient (Wildman–Crippen LogP) is 5.17. The van der Waals surface area contributed by atoms with Gasteiger partial charge in [-0.1, -0.05) is 13.8 Å². The van der Waals surface area contributed by atoms with Crippen molar-refractivity contribution < 1.29 is 4.74 Å². The number of nitrogens with two attached hydrogens (primary N) is 1. The van der Waals surface area contributed by atoms with E-state index in [1.165, 1.54) is 69.9 Å². The van der Waals surface area contributed by atoms with Crippen LogP contribution in [-0.4, -0.2) is 12.2 Å². The average molecular weight is 330 g/mol. The van der Waals surface area contributed by atoms with Crippen LogP contribution in [-0.2, 0) is 4.74 Å². The van der Waals surface area contributed by atoms with E-state index in [1.54, 1.807) is 5.57 Å². The van der Waals surface area contributed by atoms with Crippen molar-refractivity contribution in [2.75, 3.05) is 0 Å². The summed E-state index contributed by atoms with van der Waals surface area (Å²) in [5.41, 5.74) is 10.3. The molecule has 0 saturated heterocycles. The first kappa shape index (κ1) is 15.7. The summed E-state index contributed by atoms with van der Waals surface area (Å²) in [6.07, 6.45) is 15.9. The molecule has 0 aromatic carbocycles. The third-order valence-corrected chi connectivity index (χ3v) is 9.00. The molecule has 134 valence electrons. The van der Waals surface area contributed by atoms with Crippen LogP contribution in [0.15, 0.2) is 11.3 Å². The zero-order valence-electron chi connectivity index (χ0n) is 15.7. The zero-order chi connectivity index (χ0) is 16.5. The third kappa shape index (κ3) is 2.11. The lowest BCUT2D eigenvalue weighted by Gasteiger charge is -2.58. The fraction of sp³-hybridized carbons (Fsp3) is 0.909. The Hall–Kier alpha value is -0.500. The van der Waals surface area contributed by atoms with Gasteiger partial charge in [0.2, 0.25) is 0 Å². The molecule has 0 amide bonds. The van der Waals surface area contributed by atoms with Crippen LogP contribution < -0.4 is 5.73 Å². The van der Waals surface area contributed by atoms with Gasteiger partial charge in [0, 0.05) is 5.70 Å². The maximum atomic E-state index is 6.49. The molecule has 0 radical (unpaired) electrons. The Bertz CT molecular complexity index is 564. The van der Waals surface area contributed by atoms with E-state index in [4.69, 9.17) is 10.5 Å². The molecule has 2 N–H and O–H groups in total. The second-order valence-electron chi connectivity index (χ2n) is 10.1. The molecule has 0 spiro atoms. The topological polar surface area (TPSA) is 35.2 Å². The minimum Gasteiger partial charge on any atom is -0.402 e. The van der Waals surface area contributed by atoms with E-state index >= 15 is 0 Å². The monoisotopic (exact) mass is 329 g/mol. The Kier molecular flexibility index (Phi) is 3.44. The Morgan fingerprint density at radius 3 is 2.54 bits per heavy atom. The minimum absolute atomic E-state index is 0.419. The first-order chi connectivity index (χ1) is 11.5. The lowest BCUT2D eigenvalue weighted by Crippen LogP contribution is -2.51. The smallest absolute Gasteiger partial charge is 0.0635 e. The molecule has 5 aliphatic rings. The minimum atomic E-state index is 0.419. The van der Waals surface area contributed by atoms with E-state index in [0.717, 1.165) is 24.2 Å². The van der Waals surface area contributed by atoms with Crippen molar-refractivity contribution in [3.8, 4) is 0 Å². The van der Waals surface area contributed by atoms with Crippen molar-refractivity contribution >= 4 is 0 Å². The molecule has 0 aromatic heterocycles. The van der Waals surface area contributed by atoms with E-state index in [2.05, 4.69) is 13.8 Å². The molecule has 4 saturated carbocycles. The summed E-state index contributed by atoms with van der Waals surface area (Å²) >= 11 is 0. The molecule has 0 aliphatic heterocycles. The fourth-order valence-corrected chi connectivity index (χ4v) is 7.57. The molecule has 24 heavy (non-hydrogen) atoms. The molecule has 0 heterocycles. The number of ether oxygens (including phenoxy) is 1. The molecule has 5 aliphatic carbocycles. The second kappa shape index (κ2) is 5.25. The van der Waals surface area contributed by atoms with Gasteiger partial charge >= 0.3 is 0 Å². The number of fused-ring (bicyclic) bond motifs is 5. The first-order valence-corrected chi connectivity index (χ1v) is 10.7. The molecular formula is C22H35NO. The number of hydrogen-bond donors (Lipinski definition) is 1. The fourth-order valence-electron chi connectivity index (χ4n) is 7.57. The van der Waals surface area contributed by atoms with Crippen LogP contribution in [0, 0.1) is 28.6 Å². The van der Waals surface area contributed by atoms with Crippen molar-refractivity contribution in [1.29, 1.82) is 0 Å². The van der Waals surface area contributed by atoms with Crippen molar-refractivity contribution in [1.82, 2.24) is 0 Å². The van der Waals surface area contributed by atoms with Crippen LogP contribution in [0.3, 0.4) is 0 Å². The van der Waals surface area contributed by atoms with Crippen LogP contribution in [0.4, 0.5) is 0 Å². The number of rotatable bonds is 2. The van der Waals surface area contributed by atoms with Crippen molar-refractivity contribution in [3.63, 3.8) is 0 Å². The maximum absolute atomic E-state index is 6.49. The highest BCUT2D eigenvalue weighted by Gasteiger charge is 2.59. The summed E-state index contributed by atoms with van der Waals surface area (Å²) < 4.78 is 6.49. The summed E-state index contributed by atoms with van der Waals surface area (Å²) in [4.78, 5) is 0. The van der Waals surface area contributed by atoms with Gasteiger partial charge in [-0.15, -0.1) is 0 Å². The van der Waals surface area contributed by atoms with Crippen molar-refractivity contribution in [3.05, 3.63) is 11.3 Å². The van der Waals surface area contributed by atoms with Gasteiger partial charge in [-0.3, -0.25) is 0 Å². The van der Waals surface area contributed by atoms with E-state index in [9.17, 15) is 0 Å². The third-order valence-electron chi connectivity index (χ3n) is 9.00. The highest BCUT2D eigenvalue weighted by atomic mass is 16.5. The normalized spacial score (nSPS) is 51.1. The van der Waals surface area contributed by atoms with Gasteiger partial charge < -0.3 is 10.5 Å². The van der Waals surface area contributed by atoms with Gasteiger partial charge in [0.25, 0.3) is 0 Å². The molecule has 0 aromatic rings. The van der Waals surface area contributed by atoms with Crippen LogP contribution >= 0.6 is 0 Å². The molecule has 4 fully saturated rings. The largest absolute Gasteiger partial charge is 0.402 e. The lowest BCUT2D eigenvalue weighted by molar-refractivity contribution is -0.100. The average Bonchev–Trinajstić information content (AvgIpc) is 3.30. The summed E-state index contributed by atoms with van der Waals surface area (Å²) in [7, 11) is 0. The second-order valence-corrected chi connectivity index (χ2v) is 10.1. The molecule has 0 unspecified atom stereocenters. The molecule has 5 rings (SSSR count). The standard InChI is InChI=1S/C22H35NO/c1-21-12-3-4-19(23)18(21)8-7-15-16-9-10-20(24-14-5-6-14)22(16,2)13-11-17(15)21/h14-17,20H,3-13,23H2,1-2H3/t15-,16-,17-,20-,21+,22-/m0/s1. The summed E-state index contributed by atoms with van der Waals surface area (Å²) in [6.45, 7) is 5.15. The first-order valence-electron chi connectivity index (χ1n) is 10.7. The number of hydrogen-bond acceptors (Lipinski definition) is 2. The highest BCUT2D eigenvalue weighted by Crippen LogP contribution is 2.66. The lowest BCUT2D eigenvalue weighted by atomic mass is 9.47. The highest BCUT2D eigenvalue weighted by molar-refractivity contribution is 5.28. The maximum Gasteiger partial charge on any atom is 0.0635 e. The molecule has 6 atom stereocenters. The van der Waals surface area contributed by atoms with Gasteiger partial charge in [-0.05, 0) is 105 Å². The summed E-state index contributed by atoms with van der Waals surface area (Å²) in [5, 5.41) is 0. The van der Waals surface area contributed by atoms with Crippen LogP contribution in [0.5, 0.6) is 0 Å². The van der Waals surface area contributed by atoms with E-state index in [-0.39, 0.29) is 0 Å². The van der Waals surface area contributed by atoms with Gasteiger partial charge in [0.1, 0.15) is 0 Å². The van der Waals surface area contributed by atoms with Gasteiger partial charge in [-0.25, -0.2) is 0 Å². The Balaban J connectivity index is 1.43. The molecule has 2 heteroatoms. The van der Waals surface area contributed by atoms with Gasteiger partial charge in [-0.2, -0.15) is 0 Å². The Morgan fingerprint density at radius 1 is 0.917 bits per heavy atom. The summed E-state index contributed by atoms with van der Waals surface area (Å²) in [6, 6.07) is 0. The van der Waals surface area contributed by atoms with Gasteiger partial charge in [0.15, 0.2) is 0 Å². The predicted molar refractivity (Wildman–Crippen MR) is 97.3 cm³/mol. The van der Waals surface area contributed by atoms with Gasteiger partial charge in [0.05, 0.1) is 12.2 Å². The SMILES string of the molecule is C[C@]12CC[C@H]3[C@@H](CCC4=C(N)CCC[C@@]43C)[C@@H]1CC[C@@H]2OC1CC1. The quantitative estimate of drug-likeness (QED) is 0.758. The van der Waals surface area contributed by atoms with E-state index < -0.39 is 0 Å². The van der Waals surface area contributed by atoms with E-state index in [0.29, 0.717) is 23.0 Å². The molecular weight excluding hydrogens is 294 g/mol. The number of allylic oxidation sites excluding steroid dienone is 2. The molecule has 0 bridgehead atoms. The Labute approximate surface area is 147 Å². The zero-order valence-corrected chi connectivity index (χ0v) is 15.7. The van der Waals surface area contributed by atoms with Crippen LogP contribution in [0.2, 0.25) is 0 Å². The van der Waals surface area contributed by atoms with E-state index in [1.807, 2.05) is 0 Å².